The number of halogens is 6. The third-order valence-electron chi connectivity index (χ3n) is 3.31. The van der Waals surface area contributed by atoms with Crippen LogP contribution < -0.4 is 5.32 Å². The van der Waals surface area contributed by atoms with Gasteiger partial charge in [0.25, 0.3) is 5.91 Å². The van der Waals surface area contributed by atoms with Gasteiger partial charge in [-0.2, -0.15) is 26.3 Å². The Morgan fingerprint density at radius 1 is 0.960 bits per heavy atom. The van der Waals surface area contributed by atoms with E-state index in [9.17, 15) is 31.1 Å². The second-order valence-corrected chi connectivity index (χ2v) is 5.10. The molecule has 2 aromatic rings. The standard InChI is InChI=1S/C16H12F6N2O/c17-15(18,19)11-5-3-10(4-6-11)7-9-24-14(25)13-12(16(20,21)22)2-1-8-23-13/h1-6,8H,7,9H2,(H,24,25). The molecule has 0 fully saturated rings. The Morgan fingerprint density at radius 3 is 2.16 bits per heavy atom. The summed E-state index contributed by atoms with van der Waals surface area (Å²) < 4.78 is 75.8. The molecule has 1 heterocycles. The summed E-state index contributed by atoms with van der Waals surface area (Å²) in [6, 6.07) is 6.11. The molecule has 1 aromatic carbocycles. The molecule has 0 unspecified atom stereocenters. The number of benzene rings is 1. The molecule has 1 N–H and O–H groups in total. The van der Waals surface area contributed by atoms with E-state index in [1.807, 2.05) is 0 Å². The molecule has 0 atom stereocenters. The largest absolute Gasteiger partial charge is 0.418 e. The summed E-state index contributed by atoms with van der Waals surface area (Å²) in [7, 11) is 0. The van der Waals surface area contributed by atoms with Crippen molar-refractivity contribution in [3.8, 4) is 0 Å². The van der Waals surface area contributed by atoms with Gasteiger partial charge in [-0.3, -0.25) is 9.78 Å². The van der Waals surface area contributed by atoms with Gasteiger partial charge in [0, 0.05) is 12.7 Å². The number of nitrogens with one attached hydrogen (secondary N) is 1. The molecule has 0 radical (unpaired) electrons. The van der Waals surface area contributed by atoms with Crippen LogP contribution in [0.4, 0.5) is 26.3 Å². The van der Waals surface area contributed by atoms with Gasteiger partial charge >= 0.3 is 12.4 Å². The van der Waals surface area contributed by atoms with Crippen LogP contribution in [0.15, 0.2) is 42.6 Å². The zero-order valence-corrected chi connectivity index (χ0v) is 12.6. The van der Waals surface area contributed by atoms with E-state index in [2.05, 4.69) is 10.3 Å². The van der Waals surface area contributed by atoms with Crippen LogP contribution in [0.2, 0.25) is 0 Å². The van der Waals surface area contributed by atoms with Gasteiger partial charge in [0.2, 0.25) is 0 Å². The molecular weight excluding hydrogens is 350 g/mol. The minimum absolute atomic E-state index is 0.0436. The van der Waals surface area contributed by atoms with Crippen LogP contribution in [0.3, 0.4) is 0 Å². The minimum atomic E-state index is -4.71. The van der Waals surface area contributed by atoms with Crippen molar-refractivity contribution in [2.24, 2.45) is 0 Å². The van der Waals surface area contributed by atoms with Crippen molar-refractivity contribution >= 4 is 5.91 Å². The molecule has 1 aromatic heterocycles. The first-order valence-corrected chi connectivity index (χ1v) is 7.05. The molecule has 0 spiro atoms. The number of carbonyl (C=O) groups is 1. The van der Waals surface area contributed by atoms with Crippen molar-refractivity contribution in [2.75, 3.05) is 6.54 Å². The Balaban J connectivity index is 1.98. The smallest absolute Gasteiger partial charge is 0.350 e. The number of amides is 1. The van der Waals surface area contributed by atoms with Crippen molar-refractivity contribution in [3.63, 3.8) is 0 Å². The average molecular weight is 362 g/mol. The van der Waals surface area contributed by atoms with Crippen molar-refractivity contribution < 1.29 is 31.1 Å². The molecule has 1 amide bonds. The molecular formula is C16H12F6N2O. The summed E-state index contributed by atoms with van der Waals surface area (Å²) in [5, 5.41) is 2.28. The topological polar surface area (TPSA) is 42.0 Å². The van der Waals surface area contributed by atoms with Crippen LogP contribution in [0.5, 0.6) is 0 Å². The van der Waals surface area contributed by atoms with E-state index >= 15 is 0 Å². The van der Waals surface area contributed by atoms with Gasteiger partial charge in [-0.1, -0.05) is 12.1 Å². The maximum Gasteiger partial charge on any atom is 0.418 e. The van der Waals surface area contributed by atoms with E-state index < -0.39 is 35.1 Å². The first-order valence-electron chi connectivity index (χ1n) is 7.05. The molecule has 0 aliphatic carbocycles. The third-order valence-corrected chi connectivity index (χ3v) is 3.31. The third kappa shape index (κ3) is 4.94. The van der Waals surface area contributed by atoms with Gasteiger partial charge in [0.05, 0.1) is 11.1 Å². The first-order chi connectivity index (χ1) is 11.6. The van der Waals surface area contributed by atoms with E-state index in [0.29, 0.717) is 5.56 Å². The number of alkyl halides is 6. The monoisotopic (exact) mass is 362 g/mol. The minimum Gasteiger partial charge on any atom is -0.350 e. The van der Waals surface area contributed by atoms with E-state index in [-0.39, 0.29) is 13.0 Å². The Hall–Kier alpha value is -2.58. The number of nitrogens with zero attached hydrogens (tertiary/aromatic N) is 1. The lowest BCUT2D eigenvalue weighted by Crippen LogP contribution is -2.29. The quantitative estimate of drug-likeness (QED) is 0.833. The SMILES string of the molecule is O=C(NCCc1ccc(C(F)(F)F)cc1)c1ncccc1C(F)(F)F. The molecule has 2 rings (SSSR count). The maximum absolute atomic E-state index is 12.8. The number of pyridine rings is 1. The van der Waals surface area contributed by atoms with Crippen LogP contribution >= 0.6 is 0 Å². The normalized spacial score (nSPS) is 12.1. The highest BCUT2D eigenvalue weighted by molar-refractivity contribution is 5.93. The van der Waals surface area contributed by atoms with Crippen molar-refractivity contribution in [2.45, 2.75) is 18.8 Å². The van der Waals surface area contributed by atoms with E-state index in [1.165, 1.54) is 12.1 Å². The van der Waals surface area contributed by atoms with Gasteiger partial charge in [0.15, 0.2) is 0 Å². The summed E-state index contributed by atoms with van der Waals surface area (Å²) in [6.07, 6.45) is -7.92. The second kappa shape index (κ2) is 7.12. The Kier molecular flexibility index (Phi) is 5.34. The van der Waals surface area contributed by atoms with Crippen LogP contribution in [-0.4, -0.2) is 17.4 Å². The van der Waals surface area contributed by atoms with E-state index in [1.54, 1.807) is 0 Å². The number of hydrogen-bond acceptors (Lipinski definition) is 2. The summed E-state index contributed by atoms with van der Waals surface area (Å²) in [6.45, 7) is -0.0436. The lowest BCUT2D eigenvalue weighted by atomic mass is 10.1. The van der Waals surface area contributed by atoms with Crippen molar-refractivity contribution in [1.29, 1.82) is 0 Å². The fourth-order valence-corrected chi connectivity index (χ4v) is 2.08. The summed E-state index contributed by atoms with van der Waals surface area (Å²) >= 11 is 0. The average Bonchev–Trinajstić information content (AvgIpc) is 2.53. The molecule has 134 valence electrons. The van der Waals surface area contributed by atoms with Gasteiger partial charge in [0.1, 0.15) is 5.69 Å². The van der Waals surface area contributed by atoms with Crippen LogP contribution in [0.1, 0.15) is 27.2 Å². The predicted octanol–water partition coefficient (Wildman–Crippen LogP) is 4.09. The number of aromatic nitrogens is 1. The highest BCUT2D eigenvalue weighted by atomic mass is 19.4. The Morgan fingerprint density at radius 2 is 1.60 bits per heavy atom. The maximum atomic E-state index is 12.8. The Bertz CT molecular complexity index is 738. The van der Waals surface area contributed by atoms with Gasteiger partial charge < -0.3 is 5.32 Å². The fraction of sp³-hybridized carbons (Fsp3) is 0.250. The first kappa shape index (κ1) is 18.8. The summed E-state index contributed by atoms with van der Waals surface area (Å²) in [5.41, 5.74) is -2.20. The Labute approximate surface area is 138 Å². The van der Waals surface area contributed by atoms with Crippen LogP contribution in [0, 0.1) is 0 Å². The highest BCUT2D eigenvalue weighted by Gasteiger charge is 2.35. The van der Waals surface area contributed by atoms with E-state index in [0.717, 1.165) is 30.5 Å². The zero-order valence-electron chi connectivity index (χ0n) is 12.6. The molecule has 0 aliphatic heterocycles. The lowest BCUT2D eigenvalue weighted by Gasteiger charge is -2.12. The molecule has 3 nitrogen and oxygen atoms in total. The van der Waals surface area contributed by atoms with Crippen LogP contribution in [-0.2, 0) is 18.8 Å². The molecule has 25 heavy (non-hydrogen) atoms. The molecule has 0 saturated heterocycles. The number of hydrogen-bond donors (Lipinski definition) is 1. The van der Waals surface area contributed by atoms with E-state index in [4.69, 9.17) is 0 Å². The van der Waals surface area contributed by atoms with Gasteiger partial charge in [-0.15, -0.1) is 0 Å². The number of carbonyl (C=O) groups excluding carboxylic acids is 1. The van der Waals surface area contributed by atoms with Crippen LogP contribution in [0.25, 0.3) is 0 Å². The number of rotatable bonds is 4. The predicted molar refractivity (Wildman–Crippen MR) is 76.7 cm³/mol. The highest BCUT2D eigenvalue weighted by Crippen LogP contribution is 2.31. The molecule has 9 heteroatoms. The zero-order chi connectivity index (χ0) is 18.7. The fourth-order valence-electron chi connectivity index (χ4n) is 2.08. The molecule has 0 bridgehead atoms. The van der Waals surface area contributed by atoms with Crippen molar-refractivity contribution in [3.05, 3.63) is 65.0 Å². The second-order valence-electron chi connectivity index (χ2n) is 5.10. The lowest BCUT2D eigenvalue weighted by molar-refractivity contribution is -0.138. The van der Waals surface area contributed by atoms with Gasteiger partial charge in [-0.05, 0) is 36.2 Å². The van der Waals surface area contributed by atoms with Gasteiger partial charge in [-0.25, -0.2) is 0 Å². The molecule has 0 aliphatic rings. The summed E-state index contributed by atoms with van der Waals surface area (Å²) in [5.74, 6) is -1.00. The van der Waals surface area contributed by atoms with Crippen molar-refractivity contribution in [1.82, 2.24) is 10.3 Å². The summed E-state index contributed by atoms with van der Waals surface area (Å²) in [4.78, 5) is 15.3. The molecule has 0 saturated carbocycles.